The zero-order valence-electron chi connectivity index (χ0n) is 14.9. The lowest BCUT2D eigenvalue weighted by Gasteiger charge is -2.38. The van der Waals surface area contributed by atoms with Gasteiger partial charge in [0, 0.05) is 44.0 Å². The van der Waals surface area contributed by atoms with Crippen molar-refractivity contribution in [3.05, 3.63) is 66.6 Å². The molecule has 1 amide bonds. The van der Waals surface area contributed by atoms with Gasteiger partial charge >= 0.3 is 0 Å². The molecule has 5 heteroatoms. The number of hydrogen-bond donors (Lipinski definition) is 0. The van der Waals surface area contributed by atoms with Gasteiger partial charge in [-0.15, -0.1) is 0 Å². The van der Waals surface area contributed by atoms with E-state index >= 15 is 0 Å². The van der Waals surface area contributed by atoms with Crippen LogP contribution in [0, 0.1) is 0 Å². The van der Waals surface area contributed by atoms with Gasteiger partial charge in [-0.05, 0) is 36.4 Å². The van der Waals surface area contributed by atoms with Crippen molar-refractivity contribution in [1.29, 1.82) is 0 Å². The number of carbonyl (C=O) groups is 1. The van der Waals surface area contributed by atoms with Crippen LogP contribution in [0.2, 0.25) is 0 Å². The van der Waals surface area contributed by atoms with Crippen LogP contribution < -0.4 is 4.90 Å². The van der Waals surface area contributed by atoms with Crippen LogP contribution in [0.5, 0.6) is 0 Å². The van der Waals surface area contributed by atoms with Crippen molar-refractivity contribution in [3.63, 3.8) is 0 Å². The van der Waals surface area contributed by atoms with Crippen molar-refractivity contribution < 1.29 is 4.79 Å². The first-order chi connectivity index (χ1) is 12.7. The van der Waals surface area contributed by atoms with Gasteiger partial charge in [0.25, 0.3) is 5.91 Å². The van der Waals surface area contributed by atoms with E-state index in [4.69, 9.17) is 0 Å². The van der Waals surface area contributed by atoms with E-state index in [0.29, 0.717) is 5.69 Å². The summed E-state index contributed by atoms with van der Waals surface area (Å²) in [6.45, 7) is 1.77. The molecule has 0 bridgehead atoms. The number of fused-ring (bicyclic) bond motifs is 1. The van der Waals surface area contributed by atoms with Gasteiger partial charge in [-0.1, -0.05) is 30.3 Å². The summed E-state index contributed by atoms with van der Waals surface area (Å²) in [5, 5.41) is 1.95. The van der Waals surface area contributed by atoms with Crippen molar-refractivity contribution in [3.8, 4) is 0 Å². The predicted octanol–water partition coefficient (Wildman–Crippen LogP) is 3.37. The summed E-state index contributed by atoms with van der Waals surface area (Å²) < 4.78 is 0. The largest absolute Gasteiger partial charge is 0.355 e. The Morgan fingerprint density at radius 2 is 1.92 bits per heavy atom. The molecule has 1 fully saturated rings. The van der Waals surface area contributed by atoms with Crippen LogP contribution in [-0.2, 0) is 0 Å². The second-order valence-electron chi connectivity index (χ2n) is 6.73. The third kappa shape index (κ3) is 3.12. The maximum Gasteiger partial charge on any atom is 0.273 e. The number of amides is 1. The number of carbonyl (C=O) groups excluding carboxylic acids is 1. The quantitative estimate of drug-likeness (QED) is 0.730. The fraction of sp³-hybridized carbons (Fsp3) is 0.286. The summed E-state index contributed by atoms with van der Waals surface area (Å²) in [6, 6.07) is 15.9. The number of piperidine rings is 1. The van der Waals surface area contributed by atoms with E-state index in [-0.39, 0.29) is 11.9 Å². The smallest absolute Gasteiger partial charge is 0.273 e. The van der Waals surface area contributed by atoms with E-state index in [2.05, 4.69) is 14.9 Å². The molecule has 3 aromatic rings. The standard InChI is InChI=1S/C21H22N4O/c1-24(17-8-6-14-25(15-17)19-10-4-5-12-22-19)21(26)20-18-9-3-2-7-16(18)11-13-23-20/h2-5,7,9-13,17H,6,8,14-15H2,1H3. The van der Waals surface area contributed by atoms with Crippen molar-refractivity contribution in [2.45, 2.75) is 18.9 Å². The molecular weight excluding hydrogens is 324 g/mol. The number of aromatic nitrogens is 2. The van der Waals surface area contributed by atoms with Crippen molar-refractivity contribution in [2.75, 3.05) is 25.0 Å². The molecule has 1 atom stereocenters. The number of nitrogens with zero attached hydrogens (tertiary/aromatic N) is 4. The Morgan fingerprint density at radius 3 is 2.77 bits per heavy atom. The molecule has 4 rings (SSSR count). The molecule has 1 aromatic carbocycles. The van der Waals surface area contributed by atoms with E-state index in [1.807, 2.05) is 66.7 Å². The third-order valence-electron chi connectivity index (χ3n) is 5.11. The van der Waals surface area contributed by atoms with E-state index < -0.39 is 0 Å². The maximum atomic E-state index is 13.1. The highest BCUT2D eigenvalue weighted by molar-refractivity contribution is 6.05. The Labute approximate surface area is 153 Å². The third-order valence-corrected chi connectivity index (χ3v) is 5.11. The number of pyridine rings is 2. The molecule has 2 aromatic heterocycles. The molecule has 0 saturated carbocycles. The molecule has 1 aliphatic heterocycles. The minimum atomic E-state index is -0.0188. The minimum absolute atomic E-state index is 0.0188. The average Bonchev–Trinajstić information content (AvgIpc) is 2.73. The maximum absolute atomic E-state index is 13.1. The summed E-state index contributed by atoms with van der Waals surface area (Å²) in [6.07, 6.45) is 5.57. The van der Waals surface area contributed by atoms with Crippen molar-refractivity contribution in [2.24, 2.45) is 0 Å². The molecule has 132 valence electrons. The van der Waals surface area contributed by atoms with Gasteiger partial charge in [0.2, 0.25) is 0 Å². The Balaban J connectivity index is 1.56. The average molecular weight is 346 g/mol. The van der Waals surface area contributed by atoms with Gasteiger partial charge in [0.15, 0.2) is 0 Å². The molecule has 26 heavy (non-hydrogen) atoms. The predicted molar refractivity (Wildman–Crippen MR) is 103 cm³/mol. The lowest BCUT2D eigenvalue weighted by Crippen LogP contribution is -2.49. The summed E-state index contributed by atoms with van der Waals surface area (Å²) in [4.78, 5) is 26.1. The molecule has 0 radical (unpaired) electrons. The molecule has 1 saturated heterocycles. The van der Waals surface area contributed by atoms with Crippen LogP contribution in [0.4, 0.5) is 5.82 Å². The highest BCUT2D eigenvalue weighted by Gasteiger charge is 2.28. The Bertz CT molecular complexity index is 907. The second kappa shape index (κ2) is 7.12. The van der Waals surface area contributed by atoms with E-state index in [1.165, 1.54) is 0 Å². The second-order valence-corrected chi connectivity index (χ2v) is 6.73. The van der Waals surface area contributed by atoms with Crippen LogP contribution >= 0.6 is 0 Å². The van der Waals surface area contributed by atoms with E-state index in [1.54, 1.807) is 6.20 Å². The fourth-order valence-electron chi connectivity index (χ4n) is 3.64. The van der Waals surface area contributed by atoms with E-state index in [9.17, 15) is 4.79 Å². The van der Waals surface area contributed by atoms with Gasteiger partial charge in [0.1, 0.15) is 11.5 Å². The fourth-order valence-corrected chi connectivity index (χ4v) is 3.64. The zero-order chi connectivity index (χ0) is 17.9. The summed E-state index contributed by atoms with van der Waals surface area (Å²) in [5.41, 5.74) is 0.528. The Hall–Kier alpha value is -2.95. The lowest BCUT2D eigenvalue weighted by atomic mass is 10.0. The molecule has 3 heterocycles. The summed E-state index contributed by atoms with van der Waals surface area (Å²) >= 11 is 0. The highest BCUT2D eigenvalue weighted by atomic mass is 16.2. The van der Waals surface area contributed by atoms with Crippen LogP contribution in [0.25, 0.3) is 10.8 Å². The van der Waals surface area contributed by atoms with Gasteiger partial charge < -0.3 is 9.80 Å². The molecular formula is C21H22N4O. The first kappa shape index (κ1) is 16.5. The van der Waals surface area contributed by atoms with Gasteiger partial charge in [0.05, 0.1) is 0 Å². The van der Waals surface area contributed by atoms with Crippen LogP contribution in [-0.4, -0.2) is 47.0 Å². The molecule has 0 N–H and O–H groups in total. The topological polar surface area (TPSA) is 49.3 Å². The number of likely N-dealkylation sites (N-methyl/N-ethyl adjacent to an activating group) is 1. The molecule has 1 aliphatic rings. The Kier molecular flexibility index (Phi) is 4.52. The first-order valence-corrected chi connectivity index (χ1v) is 9.01. The lowest BCUT2D eigenvalue weighted by molar-refractivity contribution is 0.0713. The van der Waals surface area contributed by atoms with E-state index in [0.717, 1.165) is 42.5 Å². The Morgan fingerprint density at radius 1 is 1.08 bits per heavy atom. The number of anilines is 1. The number of benzene rings is 1. The van der Waals surface area contributed by atoms with Crippen molar-refractivity contribution in [1.82, 2.24) is 14.9 Å². The highest BCUT2D eigenvalue weighted by Crippen LogP contribution is 2.23. The molecule has 1 unspecified atom stereocenters. The summed E-state index contributed by atoms with van der Waals surface area (Å²) in [5.74, 6) is 0.955. The van der Waals surface area contributed by atoms with Gasteiger partial charge in [-0.25, -0.2) is 4.98 Å². The van der Waals surface area contributed by atoms with Crippen LogP contribution in [0.15, 0.2) is 60.9 Å². The number of rotatable bonds is 3. The SMILES string of the molecule is CN(C(=O)c1nccc2ccccc12)C1CCCN(c2ccccn2)C1. The van der Waals surface area contributed by atoms with Gasteiger partial charge in [-0.3, -0.25) is 9.78 Å². The monoisotopic (exact) mass is 346 g/mol. The van der Waals surface area contributed by atoms with Crippen LogP contribution in [0.1, 0.15) is 23.3 Å². The van der Waals surface area contributed by atoms with Gasteiger partial charge in [-0.2, -0.15) is 0 Å². The summed E-state index contributed by atoms with van der Waals surface area (Å²) in [7, 11) is 1.89. The minimum Gasteiger partial charge on any atom is -0.355 e. The van der Waals surface area contributed by atoms with Crippen LogP contribution in [0.3, 0.4) is 0 Å². The van der Waals surface area contributed by atoms with Crippen molar-refractivity contribution >= 4 is 22.5 Å². The molecule has 0 aliphatic carbocycles. The first-order valence-electron chi connectivity index (χ1n) is 9.01. The molecule has 5 nitrogen and oxygen atoms in total. The number of hydrogen-bond acceptors (Lipinski definition) is 4. The molecule has 0 spiro atoms. The normalized spacial score (nSPS) is 17.3. The zero-order valence-corrected chi connectivity index (χ0v) is 14.9.